The third-order valence-electron chi connectivity index (χ3n) is 2.47. The molecule has 0 aliphatic carbocycles. The molecule has 0 atom stereocenters. The predicted molar refractivity (Wildman–Crippen MR) is 67.0 cm³/mol. The van der Waals surface area contributed by atoms with Gasteiger partial charge in [-0.2, -0.15) is 0 Å². The molecule has 5 heteroatoms. The van der Waals surface area contributed by atoms with Gasteiger partial charge in [-0.1, -0.05) is 22.0 Å². The number of anilines is 1. The minimum Gasteiger partial charge on any atom is -0.355 e. The van der Waals surface area contributed by atoms with Crippen molar-refractivity contribution in [1.82, 2.24) is 4.98 Å². The molecule has 15 heavy (non-hydrogen) atoms. The summed E-state index contributed by atoms with van der Waals surface area (Å²) in [5.74, 6) is 2.53. The molecule has 0 N–H and O–H groups in total. The van der Waals surface area contributed by atoms with E-state index in [1.165, 1.54) is 5.56 Å². The van der Waals surface area contributed by atoms with Crippen LogP contribution in [0.4, 0.5) is 5.82 Å². The highest BCUT2D eigenvalue weighted by atomic mass is 79.9. The first kappa shape index (κ1) is 11.1. The van der Waals surface area contributed by atoms with Crippen molar-refractivity contribution < 1.29 is 4.21 Å². The zero-order chi connectivity index (χ0) is 10.7. The minimum absolute atomic E-state index is 0.618. The van der Waals surface area contributed by atoms with Crippen LogP contribution in [0.15, 0.2) is 18.3 Å². The SMILES string of the molecule is O=S1CCN(c2ccc(CBr)cn2)CC1. The second kappa shape index (κ2) is 5.07. The van der Waals surface area contributed by atoms with Gasteiger partial charge in [0.15, 0.2) is 0 Å². The summed E-state index contributed by atoms with van der Waals surface area (Å²) in [6.45, 7) is 1.71. The van der Waals surface area contributed by atoms with Gasteiger partial charge in [-0.25, -0.2) is 4.98 Å². The molecule has 1 aromatic heterocycles. The number of rotatable bonds is 2. The Kier molecular flexibility index (Phi) is 3.75. The minimum atomic E-state index is -0.618. The standard InChI is InChI=1S/C10H13BrN2OS/c11-7-9-1-2-10(12-8-9)13-3-5-15(14)6-4-13/h1-2,8H,3-7H2. The number of nitrogens with zero attached hydrogens (tertiary/aromatic N) is 2. The van der Waals surface area contributed by atoms with E-state index >= 15 is 0 Å². The van der Waals surface area contributed by atoms with Crippen molar-refractivity contribution in [3.05, 3.63) is 23.9 Å². The highest BCUT2D eigenvalue weighted by molar-refractivity contribution is 9.08. The molecule has 0 aromatic carbocycles. The molecule has 0 amide bonds. The van der Waals surface area contributed by atoms with Crippen molar-refractivity contribution in [2.24, 2.45) is 0 Å². The summed E-state index contributed by atoms with van der Waals surface area (Å²) < 4.78 is 11.2. The van der Waals surface area contributed by atoms with Crippen LogP contribution in [0, 0.1) is 0 Å². The molecule has 0 saturated carbocycles. The fourth-order valence-electron chi connectivity index (χ4n) is 1.55. The summed E-state index contributed by atoms with van der Waals surface area (Å²) in [6.07, 6.45) is 1.88. The first-order chi connectivity index (χ1) is 7.29. The Morgan fingerprint density at radius 1 is 1.40 bits per heavy atom. The third-order valence-corrected chi connectivity index (χ3v) is 4.39. The monoisotopic (exact) mass is 288 g/mol. The van der Waals surface area contributed by atoms with Crippen LogP contribution in [0.3, 0.4) is 0 Å². The van der Waals surface area contributed by atoms with Gasteiger partial charge in [0, 0.05) is 46.9 Å². The second-order valence-electron chi connectivity index (χ2n) is 3.49. The van der Waals surface area contributed by atoms with Crippen molar-refractivity contribution in [2.75, 3.05) is 29.5 Å². The van der Waals surface area contributed by atoms with Gasteiger partial charge < -0.3 is 4.90 Å². The number of alkyl halides is 1. The van der Waals surface area contributed by atoms with Crippen LogP contribution in [0.1, 0.15) is 5.56 Å². The molecule has 0 radical (unpaired) electrons. The quantitative estimate of drug-likeness (QED) is 0.774. The maximum absolute atomic E-state index is 11.2. The molecule has 1 aromatic rings. The molecular weight excluding hydrogens is 276 g/mol. The molecule has 1 aliphatic heterocycles. The molecule has 2 heterocycles. The highest BCUT2D eigenvalue weighted by Gasteiger charge is 2.15. The molecule has 0 spiro atoms. The molecule has 2 rings (SSSR count). The Bertz CT molecular complexity index is 345. The summed E-state index contributed by atoms with van der Waals surface area (Å²) in [5.41, 5.74) is 1.18. The number of hydrogen-bond acceptors (Lipinski definition) is 3. The van der Waals surface area contributed by atoms with Crippen LogP contribution in [0.5, 0.6) is 0 Å². The molecule has 1 aliphatic rings. The number of pyridine rings is 1. The lowest BCUT2D eigenvalue weighted by molar-refractivity contribution is 0.672. The Labute approximate surface area is 100 Å². The zero-order valence-corrected chi connectivity index (χ0v) is 10.8. The number of halogens is 1. The van der Waals surface area contributed by atoms with Crippen LogP contribution in [0.25, 0.3) is 0 Å². The van der Waals surface area contributed by atoms with Gasteiger partial charge in [0.05, 0.1) is 0 Å². The Morgan fingerprint density at radius 3 is 2.67 bits per heavy atom. The normalized spacial score (nSPS) is 18.1. The first-order valence-corrected chi connectivity index (χ1v) is 7.51. The summed E-state index contributed by atoms with van der Waals surface area (Å²) >= 11 is 3.39. The van der Waals surface area contributed by atoms with E-state index in [0.29, 0.717) is 0 Å². The Hall–Kier alpha value is -0.420. The smallest absolute Gasteiger partial charge is 0.128 e. The zero-order valence-electron chi connectivity index (χ0n) is 8.36. The fourth-order valence-corrected chi connectivity index (χ4v) is 2.93. The van der Waals surface area contributed by atoms with Crippen molar-refractivity contribution in [2.45, 2.75) is 5.33 Å². The van der Waals surface area contributed by atoms with Gasteiger partial charge >= 0.3 is 0 Å². The summed E-state index contributed by atoms with van der Waals surface area (Å²) in [4.78, 5) is 6.59. The van der Waals surface area contributed by atoms with Crippen molar-refractivity contribution in [3.63, 3.8) is 0 Å². The maximum Gasteiger partial charge on any atom is 0.128 e. The first-order valence-electron chi connectivity index (χ1n) is 4.90. The van der Waals surface area contributed by atoms with Gasteiger partial charge in [-0.05, 0) is 11.6 Å². The van der Waals surface area contributed by atoms with Gasteiger partial charge in [-0.3, -0.25) is 4.21 Å². The Balaban J connectivity index is 2.06. The fraction of sp³-hybridized carbons (Fsp3) is 0.500. The van der Waals surface area contributed by atoms with E-state index in [2.05, 4.69) is 31.9 Å². The topological polar surface area (TPSA) is 33.2 Å². The van der Waals surface area contributed by atoms with E-state index in [9.17, 15) is 4.21 Å². The van der Waals surface area contributed by atoms with E-state index in [-0.39, 0.29) is 0 Å². The number of hydrogen-bond donors (Lipinski definition) is 0. The summed E-state index contributed by atoms with van der Waals surface area (Å²) in [6, 6.07) is 4.10. The van der Waals surface area contributed by atoms with Crippen molar-refractivity contribution >= 4 is 32.5 Å². The molecule has 0 bridgehead atoms. The summed E-state index contributed by atoms with van der Waals surface area (Å²) in [7, 11) is -0.618. The average molecular weight is 289 g/mol. The van der Waals surface area contributed by atoms with Gasteiger partial charge in [-0.15, -0.1) is 0 Å². The highest BCUT2D eigenvalue weighted by Crippen LogP contribution is 2.14. The lowest BCUT2D eigenvalue weighted by Gasteiger charge is -2.27. The lowest BCUT2D eigenvalue weighted by atomic mass is 10.3. The van der Waals surface area contributed by atoms with E-state index in [4.69, 9.17) is 0 Å². The van der Waals surface area contributed by atoms with Crippen LogP contribution in [0.2, 0.25) is 0 Å². The van der Waals surface area contributed by atoms with Crippen LogP contribution >= 0.6 is 15.9 Å². The molecule has 3 nitrogen and oxygen atoms in total. The third kappa shape index (κ3) is 2.78. The van der Waals surface area contributed by atoms with Crippen molar-refractivity contribution in [1.29, 1.82) is 0 Å². The van der Waals surface area contributed by atoms with Crippen LogP contribution in [-0.4, -0.2) is 33.8 Å². The average Bonchev–Trinajstić information content (AvgIpc) is 2.30. The Morgan fingerprint density at radius 2 is 2.13 bits per heavy atom. The van der Waals surface area contributed by atoms with Crippen molar-refractivity contribution in [3.8, 4) is 0 Å². The van der Waals surface area contributed by atoms with E-state index < -0.39 is 10.8 Å². The number of aromatic nitrogens is 1. The van der Waals surface area contributed by atoms with Gasteiger partial charge in [0.1, 0.15) is 5.82 Å². The van der Waals surface area contributed by atoms with E-state index in [0.717, 1.165) is 35.7 Å². The van der Waals surface area contributed by atoms with E-state index in [1.54, 1.807) is 0 Å². The molecule has 82 valence electrons. The molecule has 1 fully saturated rings. The maximum atomic E-state index is 11.2. The molecule has 0 unspecified atom stereocenters. The molecule has 1 saturated heterocycles. The van der Waals surface area contributed by atoms with Crippen LogP contribution < -0.4 is 4.90 Å². The van der Waals surface area contributed by atoms with Gasteiger partial charge in [0.25, 0.3) is 0 Å². The largest absolute Gasteiger partial charge is 0.355 e. The summed E-state index contributed by atoms with van der Waals surface area (Å²) in [5, 5.41) is 0.838. The second-order valence-corrected chi connectivity index (χ2v) is 5.75. The molecular formula is C10H13BrN2OS. The van der Waals surface area contributed by atoms with Crippen LogP contribution in [-0.2, 0) is 16.1 Å². The lowest BCUT2D eigenvalue weighted by Crippen LogP contribution is -2.38. The predicted octanol–water partition coefficient (Wildman–Crippen LogP) is 1.55. The van der Waals surface area contributed by atoms with E-state index in [1.807, 2.05) is 12.3 Å². The van der Waals surface area contributed by atoms with Gasteiger partial charge in [0.2, 0.25) is 0 Å².